The topological polar surface area (TPSA) is 18.5 Å². The first kappa shape index (κ1) is 9.45. The molecule has 1 rings (SSSR count). The molecule has 0 bridgehead atoms. The van der Waals surface area contributed by atoms with Crippen molar-refractivity contribution in [3.8, 4) is 0 Å². The van der Waals surface area contributed by atoms with Crippen molar-refractivity contribution in [3.05, 3.63) is 25.3 Å². The molecule has 0 spiro atoms. The zero-order valence-electron chi connectivity index (χ0n) is 7.37. The van der Waals surface area contributed by atoms with E-state index in [0.29, 0.717) is 20.3 Å². The third-order valence-electron chi connectivity index (χ3n) is 1.93. The molecule has 1 heterocycles. The first-order chi connectivity index (χ1) is 5.83. The number of hydrogen-bond donors (Lipinski definition) is 0. The minimum absolute atomic E-state index is 0.411. The molecule has 0 aromatic heterocycles. The molecule has 0 aromatic rings. The van der Waals surface area contributed by atoms with Gasteiger partial charge in [0.1, 0.15) is 13.1 Å². The van der Waals surface area contributed by atoms with Gasteiger partial charge in [0.05, 0.1) is 0 Å². The maximum absolute atomic E-state index is 5.24. The van der Waals surface area contributed by atoms with Gasteiger partial charge in [-0.05, 0) is 12.2 Å². The van der Waals surface area contributed by atoms with E-state index in [1.54, 1.807) is 0 Å². The Morgan fingerprint density at radius 1 is 1.08 bits per heavy atom. The van der Waals surface area contributed by atoms with Crippen LogP contribution in [0.1, 0.15) is 0 Å². The Balaban J connectivity index is 2.55. The molecule has 1 aliphatic heterocycles. The Bertz CT molecular complexity index is 150. The van der Waals surface area contributed by atoms with E-state index in [4.69, 9.17) is 9.47 Å². The molecular weight excluding hydrogens is 154 g/mol. The van der Waals surface area contributed by atoms with E-state index in [9.17, 15) is 0 Å². The summed E-state index contributed by atoms with van der Waals surface area (Å²) in [7, 11) is 0. The standard InChI is InChI=1S/C9H16NO2/c1-3-5-10(6-4-2)7-11-9-12-8-10/h3-4H,1-2,5-9H2/q+1. The van der Waals surface area contributed by atoms with E-state index >= 15 is 0 Å². The van der Waals surface area contributed by atoms with Gasteiger partial charge >= 0.3 is 0 Å². The van der Waals surface area contributed by atoms with Gasteiger partial charge in [0.15, 0.2) is 20.3 Å². The Morgan fingerprint density at radius 2 is 1.58 bits per heavy atom. The van der Waals surface area contributed by atoms with Gasteiger partial charge in [-0.15, -0.1) is 0 Å². The lowest BCUT2D eigenvalue weighted by Crippen LogP contribution is -2.54. The molecule has 3 nitrogen and oxygen atoms in total. The van der Waals surface area contributed by atoms with Gasteiger partial charge in [0.25, 0.3) is 0 Å². The molecule has 0 saturated carbocycles. The molecule has 0 amide bonds. The largest absolute Gasteiger partial charge is 0.305 e. The Hall–Kier alpha value is -0.640. The molecule has 0 unspecified atom stereocenters. The molecule has 0 aromatic carbocycles. The molecule has 0 N–H and O–H groups in total. The monoisotopic (exact) mass is 170 g/mol. The van der Waals surface area contributed by atoms with Crippen molar-refractivity contribution in [2.75, 3.05) is 33.3 Å². The third kappa shape index (κ3) is 2.17. The van der Waals surface area contributed by atoms with Gasteiger partial charge in [-0.1, -0.05) is 13.2 Å². The highest BCUT2D eigenvalue weighted by Gasteiger charge is 2.28. The second-order valence-electron chi connectivity index (χ2n) is 3.07. The molecule has 0 radical (unpaired) electrons. The summed E-state index contributed by atoms with van der Waals surface area (Å²) in [6, 6.07) is 0. The molecular formula is C9H16NO2+. The lowest BCUT2D eigenvalue weighted by atomic mass is 10.4. The number of ether oxygens (including phenoxy) is 2. The average molecular weight is 170 g/mol. The van der Waals surface area contributed by atoms with Crippen molar-refractivity contribution in [2.24, 2.45) is 0 Å². The SMILES string of the molecule is C=CC[N+]1(CC=C)COCOC1. The van der Waals surface area contributed by atoms with Crippen LogP contribution in [0.3, 0.4) is 0 Å². The second kappa shape index (κ2) is 4.40. The van der Waals surface area contributed by atoms with Gasteiger partial charge in [-0.25, -0.2) is 0 Å². The van der Waals surface area contributed by atoms with Gasteiger partial charge in [0.2, 0.25) is 0 Å². The highest BCUT2D eigenvalue weighted by atomic mass is 16.7. The van der Waals surface area contributed by atoms with Crippen LogP contribution in [-0.2, 0) is 9.47 Å². The zero-order valence-corrected chi connectivity index (χ0v) is 7.37. The van der Waals surface area contributed by atoms with Crippen LogP contribution in [0.2, 0.25) is 0 Å². The van der Waals surface area contributed by atoms with Crippen molar-refractivity contribution >= 4 is 0 Å². The van der Waals surface area contributed by atoms with Crippen molar-refractivity contribution < 1.29 is 14.0 Å². The molecule has 68 valence electrons. The first-order valence-corrected chi connectivity index (χ1v) is 4.05. The Morgan fingerprint density at radius 3 is 2.00 bits per heavy atom. The van der Waals surface area contributed by atoms with E-state index in [1.165, 1.54) is 0 Å². The summed E-state index contributed by atoms with van der Waals surface area (Å²) in [6.45, 7) is 11.0. The Labute approximate surface area is 73.5 Å². The Kier molecular flexibility index (Phi) is 3.47. The van der Waals surface area contributed by atoms with Crippen LogP contribution in [0.4, 0.5) is 0 Å². The lowest BCUT2D eigenvalue weighted by Gasteiger charge is -2.38. The van der Waals surface area contributed by atoms with Gasteiger partial charge in [-0.3, -0.25) is 4.48 Å². The third-order valence-corrected chi connectivity index (χ3v) is 1.93. The maximum Gasteiger partial charge on any atom is 0.188 e. The molecule has 0 aliphatic carbocycles. The van der Waals surface area contributed by atoms with Crippen molar-refractivity contribution in [3.63, 3.8) is 0 Å². The van der Waals surface area contributed by atoms with Crippen LogP contribution in [-0.4, -0.2) is 37.8 Å². The van der Waals surface area contributed by atoms with E-state index in [1.807, 2.05) is 12.2 Å². The van der Waals surface area contributed by atoms with Crippen LogP contribution in [0, 0.1) is 0 Å². The smallest absolute Gasteiger partial charge is 0.188 e. The minimum Gasteiger partial charge on any atom is -0.305 e. The van der Waals surface area contributed by atoms with Crippen molar-refractivity contribution in [1.82, 2.24) is 0 Å². The highest BCUT2D eigenvalue weighted by molar-refractivity contribution is 4.70. The normalized spacial score (nSPS) is 21.7. The molecule has 1 fully saturated rings. The van der Waals surface area contributed by atoms with Crippen molar-refractivity contribution in [2.45, 2.75) is 0 Å². The summed E-state index contributed by atoms with van der Waals surface area (Å²) in [4.78, 5) is 0. The highest BCUT2D eigenvalue weighted by Crippen LogP contribution is 2.12. The fourth-order valence-electron chi connectivity index (χ4n) is 1.39. The van der Waals surface area contributed by atoms with Crippen LogP contribution < -0.4 is 0 Å². The minimum atomic E-state index is 0.411. The summed E-state index contributed by atoms with van der Waals surface area (Å²) in [5.41, 5.74) is 0. The summed E-state index contributed by atoms with van der Waals surface area (Å²) in [6.07, 6.45) is 3.78. The number of quaternary nitrogens is 1. The molecule has 12 heavy (non-hydrogen) atoms. The lowest BCUT2D eigenvalue weighted by molar-refractivity contribution is -0.965. The maximum atomic E-state index is 5.24. The summed E-state index contributed by atoms with van der Waals surface area (Å²) in [5, 5.41) is 0. The average Bonchev–Trinajstić information content (AvgIpc) is 2.07. The fraction of sp³-hybridized carbons (Fsp3) is 0.556. The molecule has 3 heteroatoms. The van der Waals surface area contributed by atoms with Crippen LogP contribution >= 0.6 is 0 Å². The number of hydrogen-bond acceptors (Lipinski definition) is 2. The fourth-order valence-corrected chi connectivity index (χ4v) is 1.39. The van der Waals surface area contributed by atoms with Gasteiger partial charge in [0, 0.05) is 0 Å². The van der Waals surface area contributed by atoms with Crippen molar-refractivity contribution in [1.29, 1.82) is 0 Å². The van der Waals surface area contributed by atoms with Crippen LogP contribution in [0.15, 0.2) is 25.3 Å². The van der Waals surface area contributed by atoms with Crippen LogP contribution in [0.5, 0.6) is 0 Å². The van der Waals surface area contributed by atoms with Crippen LogP contribution in [0.25, 0.3) is 0 Å². The number of nitrogens with zero attached hydrogens (tertiary/aromatic N) is 1. The molecule has 1 saturated heterocycles. The molecule has 0 atom stereocenters. The summed E-state index contributed by atoms with van der Waals surface area (Å²) in [5.74, 6) is 0. The van der Waals surface area contributed by atoms with Gasteiger partial charge in [-0.2, -0.15) is 0 Å². The van der Waals surface area contributed by atoms with Gasteiger partial charge < -0.3 is 9.47 Å². The van der Waals surface area contributed by atoms with E-state index in [2.05, 4.69) is 13.2 Å². The van der Waals surface area contributed by atoms with E-state index in [0.717, 1.165) is 17.6 Å². The van der Waals surface area contributed by atoms with E-state index < -0.39 is 0 Å². The second-order valence-corrected chi connectivity index (χ2v) is 3.07. The summed E-state index contributed by atoms with van der Waals surface area (Å²) >= 11 is 0. The molecule has 1 aliphatic rings. The quantitative estimate of drug-likeness (QED) is 0.464. The zero-order chi connectivity index (χ0) is 8.86. The first-order valence-electron chi connectivity index (χ1n) is 4.05. The van der Waals surface area contributed by atoms with E-state index in [-0.39, 0.29) is 0 Å². The summed E-state index contributed by atoms with van der Waals surface area (Å²) < 4.78 is 11.2. The predicted octanol–water partition coefficient (Wildman–Crippen LogP) is 1.09. The predicted molar refractivity (Wildman–Crippen MR) is 47.2 cm³/mol. The number of rotatable bonds is 4.